The number of rotatable bonds is 6. The fourth-order valence-electron chi connectivity index (χ4n) is 1.67. The van der Waals surface area contributed by atoms with E-state index in [4.69, 9.17) is 5.26 Å². The molecule has 4 heteroatoms. The Bertz CT molecular complexity index is 443. The van der Waals surface area contributed by atoms with Crippen LogP contribution in [0.15, 0.2) is 24.3 Å². The number of nitriles is 1. The van der Waals surface area contributed by atoms with Crippen LogP contribution in [0.25, 0.3) is 0 Å². The summed E-state index contributed by atoms with van der Waals surface area (Å²) in [5, 5.41) is 14.7. The van der Waals surface area contributed by atoms with Gasteiger partial charge >= 0.3 is 0 Å². The molecule has 1 aromatic rings. The zero-order valence-corrected chi connectivity index (χ0v) is 10.3. The highest BCUT2D eigenvalue weighted by molar-refractivity contribution is 5.77. The molecule has 2 N–H and O–H groups in total. The van der Waals surface area contributed by atoms with Crippen molar-refractivity contribution >= 4 is 5.91 Å². The minimum Gasteiger partial charge on any atom is -0.351 e. The zero-order chi connectivity index (χ0) is 12.8. The standard InChI is InChI=1S/C14H17N3O/c15-7-11-1-3-13(4-2-11)9-17-14(18)10-16-8-12-5-6-12/h1-4,12,16H,5-6,8-10H2,(H,17,18). The molecule has 1 aromatic carbocycles. The summed E-state index contributed by atoms with van der Waals surface area (Å²) in [4.78, 5) is 11.5. The highest BCUT2D eigenvalue weighted by Gasteiger charge is 2.20. The van der Waals surface area contributed by atoms with E-state index in [1.807, 2.05) is 12.1 Å². The van der Waals surface area contributed by atoms with Crippen LogP contribution in [-0.2, 0) is 11.3 Å². The summed E-state index contributed by atoms with van der Waals surface area (Å²) >= 11 is 0. The van der Waals surface area contributed by atoms with Crippen LogP contribution < -0.4 is 10.6 Å². The van der Waals surface area contributed by atoms with E-state index < -0.39 is 0 Å². The predicted molar refractivity (Wildman–Crippen MR) is 68.6 cm³/mol. The lowest BCUT2D eigenvalue weighted by Crippen LogP contribution is -2.34. The van der Waals surface area contributed by atoms with Gasteiger partial charge in [0.05, 0.1) is 18.2 Å². The lowest BCUT2D eigenvalue weighted by molar-refractivity contribution is -0.120. The van der Waals surface area contributed by atoms with E-state index in [-0.39, 0.29) is 5.91 Å². The van der Waals surface area contributed by atoms with Crippen molar-refractivity contribution in [3.63, 3.8) is 0 Å². The average molecular weight is 243 g/mol. The first-order valence-corrected chi connectivity index (χ1v) is 6.24. The highest BCUT2D eigenvalue weighted by atomic mass is 16.1. The maximum atomic E-state index is 11.5. The van der Waals surface area contributed by atoms with Crippen LogP contribution in [0.1, 0.15) is 24.0 Å². The zero-order valence-electron chi connectivity index (χ0n) is 10.3. The Labute approximate surface area is 107 Å². The lowest BCUT2D eigenvalue weighted by atomic mass is 10.1. The molecule has 94 valence electrons. The fraction of sp³-hybridized carbons (Fsp3) is 0.429. The van der Waals surface area contributed by atoms with Crippen LogP contribution in [0.4, 0.5) is 0 Å². The van der Waals surface area contributed by atoms with Crippen molar-refractivity contribution in [3.8, 4) is 6.07 Å². The summed E-state index contributed by atoms with van der Waals surface area (Å²) in [6.45, 7) is 1.84. The van der Waals surface area contributed by atoms with E-state index in [1.165, 1.54) is 12.8 Å². The molecule has 1 fully saturated rings. The number of benzene rings is 1. The summed E-state index contributed by atoms with van der Waals surface area (Å²) in [6.07, 6.45) is 2.58. The first-order valence-electron chi connectivity index (χ1n) is 6.24. The third-order valence-electron chi connectivity index (χ3n) is 2.99. The van der Waals surface area contributed by atoms with Crippen molar-refractivity contribution < 1.29 is 4.79 Å². The number of nitrogens with zero attached hydrogens (tertiary/aromatic N) is 1. The minimum atomic E-state index is 0.0139. The van der Waals surface area contributed by atoms with Crippen LogP contribution in [-0.4, -0.2) is 19.0 Å². The molecule has 1 saturated carbocycles. The molecule has 1 aliphatic rings. The van der Waals surface area contributed by atoms with E-state index >= 15 is 0 Å². The normalized spacial score (nSPS) is 13.9. The topological polar surface area (TPSA) is 64.9 Å². The van der Waals surface area contributed by atoms with Gasteiger partial charge in [-0.2, -0.15) is 5.26 Å². The van der Waals surface area contributed by atoms with Crippen molar-refractivity contribution in [2.75, 3.05) is 13.1 Å². The molecule has 18 heavy (non-hydrogen) atoms. The molecule has 0 atom stereocenters. The van der Waals surface area contributed by atoms with Crippen LogP contribution in [0.2, 0.25) is 0 Å². The number of amides is 1. The predicted octanol–water partition coefficient (Wildman–Crippen LogP) is 1.17. The second-order valence-electron chi connectivity index (χ2n) is 4.66. The van der Waals surface area contributed by atoms with E-state index in [0.717, 1.165) is 18.0 Å². The Morgan fingerprint density at radius 1 is 1.33 bits per heavy atom. The van der Waals surface area contributed by atoms with Gasteiger partial charge in [0.25, 0.3) is 0 Å². The molecule has 1 aliphatic carbocycles. The molecule has 2 rings (SSSR count). The molecule has 0 bridgehead atoms. The molecule has 0 aliphatic heterocycles. The van der Waals surface area contributed by atoms with Gasteiger partial charge in [0.1, 0.15) is 0 Å². The largest absolute Gasteiger partial charge is 0.351 e. The monoisotopic (exact) mass is 243 g/mol. The molecule has 0 spiro atoms. The molecule has 0 heterocycles. The van der Waals surface area contributed by atoms with Gasteiger partial charge in [-0.05, 0) is 43.0 Å². The van der Waals surface area contributed by atoms with Crippen molar-refractivity contribution in [2.45, 2.75) is 19.4 Å². The number of carbonyl (C=O) groups is 1. The van der Waals surface area contributed by atoms with Crippen LogP contribution in [0, 0.1) is 17.2 Å². The van der Waals surface area contributed by atoms with Gasteiger partial charge < -0.3 is 10.6 Å². The van der Waals surface area contributed by atoms with Gasteiger partial charge in [0, 0.05) is 6.54 Å². The van der Waals surface area contributed by atoms with E-state index in [2.05, 4.69) is 16.7 Å². The molecule has 0 aromatic heterocycles. The molecule has 0 saturated heterocycles. The Morgan fingerprint density at radius 3 is 2.67 bits per heavy atom. The first-order chi connectivity index (χ1) is 8.78. The Hall–Kier alpha value is -1.86. The summed E-state index contributed by atoms with van der Waals surface area (Å²) in [6, 6.07) is 9.29. The van der Waals surface area contributed by atoms with Crippen molar-refractivity contribution in [1.29, 1.82) is 5.26 Å². The summed E-state index contributed by atoms with van der Waals surface area (Å²) < 4.78 is 0. The number of hydrogen-bond acceptors (Lipinski definition) is 3. The van der Waals surface area contributed by atoms with E-state index in [9.17, 15) is 4.79 Å². The molecule has 0 radical (unpaired) electrons. The Kier molecular flexibility index (Phi) is 4.32. The van der Waals surface area contributed by atoms with Crippen molar-refractivity contribution in [1.82, 2.24) is 10.6 Å². The second kappa shape index (κ2) is 6.18. The summed E-state index contributed by atoms with van der Waals surface area (Å²) in [7, 11) is 0. The van der Waals surface area contributed by atoms with Crippen LogP contribution in [0.5, 0.6) is 0 Å². The molecule has 4 nitrogen and oxygen atoms in total. The summed E-state index contributed by atoms with van der Waals surface area (Å²) in [5.41, 5.74) is 1.64. The minimum absolute atomic E-state index is 0.0139. The highest BCUT2D eigenvalue weighted by Crippen LogP contribution is 2.27. The lowest BCUT2D eigenvalue weighted by Gasteiger charge is -2.06. The maximum absolute atomic E-state index is 11.5. The number of hydrogen-bond donors (Lipinski definition) is 2. The van der Waals surface area contributed by atoms with Gasteiger partial charge in [-0.25, -0.2) is 0 Å². The third-order valence-corrected chi connectivity index (χ3v) is 2.99. The summed E-state index contributed by atoms with van der Waals surface area (Å²) in [5.74, 6) is 0.802. The molecule has 0 unspecified atom stereocenters. The number of nitrogens with one attached hydrogen (secondary N) is 2. The van der Waals surface area contributed by atoms with Crippen molar-refractivity contribution in [3.05, 3.63) is 35.4 Å². The molecular formula is C14H17N3O. The second-order valence-corrected chi connectivity index (χ2v) is 4.66. The fourth-order valence-corrected chi connectivity index (χ4v) is 1.67. The van der Waals surface area contributed by atoms with Gasteiger partial charge in [-0.15, -0.1) is 0 Å². The molecule has 1 amide bonds. The SMILES string of the molecule is N#Cc1ccc(CNC(=O)CNCC2CC2)cc1. The molecular weight excluding hydrogens is 226 g/mol. The quantitative estimate of drug-likeness (QED) is 0.788. The van der Waals surface area contributed by atoms with Gasteiger partial charge in [-0.1, -0.05) is 12.1 Å². The first kappa shape index (κ1) is 12.6. The van der Waals surface area contributed by atoms with Crippen LogP contribution >= 0.6 is 0 Å². The maximum Gasteiger partial charge on any atom is 0.234 e. The Balaban J connectivity index is 1.66. The van der Waals surface area contributed by atoms with Crippen LogP contribution in [0.3, 0.4) is 0 Å². The Morgan fingerprint density at radius 2 is 2.06 bits per heavy atom. The third kappa shape index (κ3) is 4.19. The number of carbonyl (C=O) groups excluding carboxylic acids is 1. The van der Waals surface area contributed by atoms with Gasteiger partial charge in [-0.3, -0.25) is 4.79 Å². The average Bonchev–Trinajstić information content (AvgIpc) is 3.21. The van der Waals surface area contributed by atoms with Gasteiger partial charge in [0.15, 0.2) is 0 Å². The smallest absolute Gasteiger partial charge is 0.234 e. The van der Waals surface area contributed by atoms with Crippen molar-refractivity contribution in [2.24, 2.45) is 5.92 Å². The van der Waals surface area contributed by atoms with E-state index in [0.29, 0.717) is 18.7 Å². The van der Waals surface area contributed by atoms with Gasteiger partial charge in [0.2, 0.25) is 5.91 Å². The van der Waals surface area contributed by atoms with E-state index in [1.54, 1.807) is 12.1 Å².